The van der Waals surface area contributed by atoms with Crippen LogP contribution in [0.2, 0.25) is 0 Å². The molecule has 26 heavy (non-hydrogen) atoms. The van der Waals surface area contributed by atoms with Crippen molar-refractivity contribution in [1.29, 1.82) is 0 Å². The molecule has 0 radical (unpaired) electrons. The maximum atomic E-state index is 12.7. The lowest BCUT2D eigenvalue weighted by atomic mass is 9.81. The van der Waals surface area contributed by atoms with Crippen molar-refractivity contribution in [2.45, 2.75) is 39.2 Å². The van der Waals surface area contributed by atoms with Gasteiger partial charge in [-0.3, -0.25) is 9.59 Å². The van der Waals surface area contributed by atoms with E-state index >= 15 is 0 Å². The highest BCUT2D eigenvalue weighted by Crippen LogP contribution is 2.32. The number of halogens is 1. The Hall–Kier alpha value is -1.64. The summed E-state index contributed by atoms with van der Waals surface area (Å²) < 4.78 is 4.76. The third-order valence-electron chi connectivity index (χ3n) is 5.03. The molecule has 7 nitrogen and oxygen atoms in total. The number of nitrogens with one attached hydrogen (secondary N) is 1. The van der Waals surface area contributed by atoms with E-state index in [0.29, 0.717) is 36.4 Å². The minimum Gasteiger partial charge on any atom is -0.465 e. The van der Waals surface area contributed by atoms with Crippen molar-refractivity contribution in [1.82, 2.24) is 5.32 Å². The predicted octanol–water partition coefficient (Wildman–Crippen LogP) is 1.94. The molecule has 146 valence electrons. The molecule has 0 bridgehead atoms. The van der Waals surface area contributed by atoms with E-state index in [1.165, 1.54) is 18.4 Å². The quantitative estimate of drug-likeness (QED) is 0.677. The first kappa shape index (κ1) is 22.4. The van der Waals surface area contributed by atoms with Gasteiger partial charge >= 0.3 is 5.97 Å². The molecule has 0 aliphatic carbocycles. The molecular weight excluding hydrogens is 378 g/mol. The smallest absolute Gasteiger partial charge is 0.340 e. The largest absolute Gasteiger partial charge is 0.465 e. The summed E-state index contributed by atoms with van der Waals surface area (Å²) in [6.45, 7) is 4.54. The normalized spacial score (nSPS) is 17.0. The summed E-state index contributed by atoms with van der Waals surface area (Å²) in [4.78, 5) is 38.7. The molecule has 0 aromatic carbocycles. The molecule has 1 atom stereocenters. The molecule has 2 rings (SSSR count). The van der Waals surface area contributed by atoms with E-state index in [-0.39, 0.29) is 30.8 Å². The van der Waals surface area contributed by atoms with Gasteiger partial charge in [0.15, 0.2) is 0 Å². The fraction of sp³-hybridized carbons (Fsp3) is 0.588. The Kier molecular flexibility index (Phi) is 8.05. The third kappa shape index (κ3) is 4.02. The lowest BCUT2D eigenvalue weighted by molar-refractivity contribution is -0.134. The number of methoxy groups -OCH3 is 1. The number of nitrogens with two attached hydrogens (primary N) is 1. The van der Waals surface area contributed by atoms with Gasteiger partial charge in [-0.1, -0.05) is 13.8 Å². The zero-order valence-corrected chi connectivity index (χ0v) is 16.9. The first-order valence-corrected chi connectivity index (χ1v) is 9.30. The molecule has 2 heterocycles. The van der Waals surface area contributed by atoms with Gasteiger partial charge in [0.05, 0.1) is 18.1 Å². The van der Waals surface area contributed by atoms with Crippen molar-refractivity contribution in [3.05, 3.63) is 17.0 Å². The van der Waals surface area contributed by atoms with E-state index in [9.17, 15) is 14.4 Å². The van der Waals surface area contributed by atoms with Crippen LogP contribution >= 0.6 is 23.7 Å². The number of anilines is 1. The number of amides is 2. The number of esters is 1. The first-order valence-electron chi connectivity index (χ1n) is 8.42. The summed E-state index contributed by atoms with van der Waals surface area (Å²) in [6, 6.07) is 1.04. The Bertz CT molecular complexity index is 652. The molecule has 9 heteroatoms. The molecule has 0 spiro atoms. The van der Waals surface area contributed by atoms with Gasteiger partial charge in [-0.15, -0.1) is 23.7 Å². The van der Waals surface area contributed by atoms with Crippen LogP contribution in [0.5, 0.6) is 0 Å². The molecule has 1 aromatic rings. The molecule has 1 aliphatic heterocycles. The number of hydrogen-bond acceptors (Lipinski definition) is 6. The van der Waals surface area contributed by atoms with E-state index < -0.39 is 17.4 Å². The van der Waals surface area contributed by atoms with Gasteiger partial charge in [-0.25, -0.2) is 4.79 Å². The minimum absolute atomic E-state index is 0. The third-order valence-corrected chi connectivity index (χ3v) is 5.97. The Balaban J connectivity index is 0.00000338. The molecule has 0 saturated carbocycles. The second-order valence-corrected chi connectivity index (χ2v) is 7.02. The van der Waals surface area contributed by atoms with Crippen LogP contribution in [0.15, 0.2) is 11.4 Å². The summed E-state index contributed by atoms with van der Waals surface area (Å²) in [7, 11) is 1.31. The van der Waals surface area contributed by atoms with Gasteiger partial charge in [-0.2, -0.15) is 0 Å². The van der Waals surface area contributed by atoms with Crippen LogP contribution in [0.4, 0.5) is 5.00 Å². The molecule has 1 saturated heterocycles. The lowest BCUT2D eigenvalue weighted by Gasteiger charge is -2.29. The van der Waals surface area contributed by atoms with E-state index in [2.05, 4.69) is 5.32 Å². The number of rotatable bonds is 7. The maximum Gasteiger partial charge on any atom is 0.340 e. The van der Waals surface area contributed by atoms with Gasteiger partial charge in [-0.05, 0) is 30.7 Å². The van der Waals surface area contributed by atoms with E-state index in [0.717, 1.165) is 0 Å². The number of hydrogen-bond donors (Lipinski definition) is 2. The average Bonchev–Trinajstić information content (AvgIpc) is 3.23. The Morgan fingerprint density at radius 1 is 1.42 bits per heavy atom. The van der Waals surface area contributed by atoms with E-state index in [4.69, 9.17) is 10.5 Å². The summed E-state index contributed by atoms with van der Waals surface area (Å²) in [5.41, 5.74) is 5.53. The van der Waals surface area contributed by atoms with Crippen LogP contribution in [0.25, 0.3) is 0 Å². The first-order chi connectivity index (χ1) is 11.9. The number of thiophene rings is 1. The molecule has 1 fully saturated rings. The van der Waals surface area contributed by atoms with Gasteiger partial charge in [0, 0.05) is 13.1 Å². The van der Waals surface area contributed by atoms with E-state index in [1.807, 2.05) is 13.8 Å². The SMILES string of the molecule is CCC(CC)(CN)C(=O)NC1CCN(c2sccc2C(=O)OC)C1=O.Cl. The predicted molar refractivity (Wildman–Crippen MR) is 104 cm³/mol. The highest BCUT2D eigenvalue weighted by atomic mass is 35.5. The zero-order chi connectivity index (χ0) is 18.6. The van der Waals surface area contributed by atoms with Crippen molar-refractivity contribution in [2.24, 2.45) is 11.1 Å². The highest BCUT2D eigenvalue weighted by molar-refractivity contribution is 7.14. The number of ether oxygens (including phenoxy) is 1. The fourth-order valence-electron chi connectivity index (χ4n) is 3.05. The zero-order valence-electron chi connectivity index (χ0n) is 15.2. The van der Waals surface area contributed by atoms with Crippen LogP contribution in [0, 0.1) is 5.41 Å². The second-order valence-electron chi connectivity index (χ2n) is 6.13. The van der Waals surface area contributed by atoms with Crippen LogP contribution in [-0.4, -0.2) is 44.0 Å². The summed E-state index contributed by atoms with van der Waals surface area (Å²) >= 11 is 1.31. The van der Waals surface area contributed by atoms with Gasteiger partial charge in [0.1, 0.15) is 11.0 Å². The van der Waals surface area contributed by atoms with Crippen LogP contribution < -0.4 is 16.0 Å². The van der Waals surface area contributed by atoms with Crippen LogP contribution in [0.1, 0.15) is 43.5 Å². The Morgan fingerprint density at radius 3 is 2.62 bits per heavy atom. The molecule has 3 N–H and O–H groups in total. The standard InChI is InChI=1S/C17H25N3O4S.ClH/c1-4-17(5-2,10-18)16(23)19-12-6-8-20(13(12)21)14-11(7-9-25-14)15(22)24-3;/h7,9,12H,4-6,8,10,18H2,1-3H3,(H,19,23);1H. The molecular formula is C17H26ClN3O4S. The molecule has 1 unspecified atom stereocenters. The van der Waals surface area contributed by atoms with Gasteiger partial charge in [0.25, 0.3) is 0 Å². The minimum atomic E-state index is -0.645. The van der Waals surface area contributed by atoms with Crippen molar-refractivity contribution in [3.8, 4) is 0 Å². The van der Waals surface area contributed by atoms with Crippen LogP contribution in [0.3, 0.4) is 0 Å². The Labute approximate surface area is 163 Å². The van der Waals surface area contributed by atoms with Crippen molar-refractivity contribution < 1.29 is 19.1 Å². The highest BCUT2D eigenvalue weighted by Gasteiger charge is 2.40. The summed E-state index contributed by atoms with van der Waals surface area (Å²) in [5, 5.41) is 5.16. The van der Waals surface area contributed by atoms with E-state index in [1.54, 1.807) is 16.3 Å². The van der Waals surface area contributed by atoms with Crippen LogP contribution in [-0.2, 0) is 14.3 Å². The summed E-state index contributed by atoms with van der Waals surface area (Å²) in [6.07, 6.45) is 1.74. The van der Waals surface area contributed by atoms with Gasteiger partial charge < -0.3 is 20.7 Å². The average molecular weight is 404 g/mol. The van der Waals surface area contributed by atoms with Crippen molar-refractivity contribution in [2.75, 3.05) is 25.1 Å². The van der Waals surface area contributed by atoms with Gasteiger partial charge in [0.2, 0.25) is 11.8 Å². The van der Waals surface area contributed by atoms with Crippen molar-refractivity contribution >= 4 is 46.5 Å². The maximum absolute atomic E-state index is 12.7. The Morgan fingerprint density at radius 2 is 2.08 bits per heavy atom. The molecule has 1 aliphatic rings. The molecule has 2 amide bonds. The summed E-state index contributed by atoms with van der Waals surface area (Å²) in [5.74, 6) is -0.866. The number of carbonyl (C=O) groups excluding carboxylic acids is 3. The number of nitrogens with zero attached hydrogens (tertiary/aromatic N) is 1. The van der Waals surface area contributed by atoms with Crippen molar-refractivity contribution in [3.63, 3.8) is 0 Å². The molecule has 1 aromatic heterocycles. The fourth-order valence-corrected chi connectivity index (χ4v) is 3.97. The lowest BCUT2D eigenvalue weighted by Crippen LogP contribution is -2.51. The monoisotopic (exact) mass is 403 g/mol. The topological polar surface area (TPSA) is 102 Å². The number of carbonyl (C=O) groups is 3. The second kappa shape index (κ2) is 9.34.